The van der Waals surface area contributed by atoms with Crippen molar-refractivity contribution in [3.8, 4) is 0 Å². The average molecular weight is 440 g/mol. The topological polar surface area (TPSA) is 89.1 Å². The first-order valence-corrected chi connectivity index (χ1v) is 11.1. The van der Waals surface area contributed by atoms with Gasteiger partial charge in [0.1, 0.15) is 11.6 Å². The molecule has 2 fully saturated rings. The number of fused-ring (bicyclic) bond motifs is 3. The minimum Gasteiger partial charge on any atom is -0.366 e. The molecule has 2 atom stereocenters. The number of rotatable bonds is 6. The number of halogens is 2. The van der Waals surface area contributed by atoms with Crippen LogP contribution in [0.25, 0.3) is 11.0 Å². The van der Waals surface area contributed by atoms with Crippen LogP contribution in [0.4, 0.5) is 14.5 Å². The summed E-state index contributed by atoms with van der Waals surface area (Å²) in [5, 5.41) is 12.4. The van der Waals surface area contributed by atoms with Crippen molar-refractivity contribution >= 4 is 22.6 Å². The quantitative estimate of drug-likeness (QED) is 0.615. The number of anilines is 1. The molecular formula is C23H26F2N6O. The molecule has 0 aliphatic carbocycles. The minimum absolute atomic E-state index is 0.0696. The van der Waals surface area contributed by atoms with Crippen molar-refractivity contribution in [3.05, 3.63) is 52.9 Å². The third-order valence-corrected chi connectivity index (χ3v) is 6.68. The first-order chi connectivity index (χ1) is 15.4. The number of carbonyl (C=O) groups is 1. The SMILES string of the molecule is CCn1ccc2c(CCc3cc(F)c(N4CC5CCC(C4)N5)cc3F)c(C(N)=O)nnc21. The van der Waals surface area contributed by atoms with E-state index in [1.807, 2.05) is 28.7 Å². The highest BCUT2D eigenvalue weighted by molar-refractivity contribution is 5.96. The Bertz CT molecular complexity index is 1180. The standard InChI is InChI=1S/C23H26F2N6O/c1-2-30-8-7-17-16(21(22(26)32)28-29-23(17)30)6-3-13-9-19(25)20(10-18(13)24)31-11-14-4-5-15(12-31)27-14/h7-10,14-15,27H,2-6,11-12H2,1H3,(H2,26,32). The van der Waals surface area contributed by atoms with E-state index in [1.54, 1.807) is 0 Å². The fourth-order valence-electron chi connectivity index (χ4n) is 5.07. The zero-order valence-corrected chi connectivity index (χ0v) is 17.9. The number of primary amides is 1. The van der Waals surface area contributed by atoms with Gasteiger partial charge in [-0.2, -0.15) is 0 Å². The molecule has 2 bridgehead atoms. The highest BCUT2D eigenvalue weighted by Crippen LogP contribution is 2.30. The molecule has 1 aromatic carbocycles. The van der Waals surface area contributed by atoms with E-state index in [9.17, 15) is 13.6 Å². The highest BCUT2D eigenvalue weighted by atomic mass is 19.1. The molecule has 5 rings (SSSR count). The molecule has 3 aromatic rings. The van der Waals surface area contributed by atoms with E-state index >= 15 is 0 Å². The van der Waals surface area contributed by atoms with Crippen LogP contribution in [0, 0.1) is 11.6 Å². The van der Waals surface area contributed by atoms with Crippen LogP contribution >= 0.6 is 0 Å². The fraction of sp³-hybridized carbons (Fsp3) is 0.435. The molecule has 168 valence electrons. The summed E-state index contributed by atoms with van der Waals surface area (Å²) in [5.74, 6) is -1.56. The summed E-state index contributed by atoms with van der Waals surface area (Å²) < 4.78 is 31.9. The Balaban J connectivity index is 1.42. The predicted molar refractivity (Wildman–Crippen MR) is 118 cm³/mol. The van der Waals surface area contributed by atoms with E-state index in [0.29, 0.717) is 55.0 Å². The molecule has 2 unspecified atom stereocenters. The number of nitrogens with two attached hydrogens (primary N) is 1. The zero-order valence-electron chi connectivity index (χ0n) is 17.9. The smallest absolute Gasteiger partial charge is 0.269 e. The van der Waals surface area contributed by atoms with Crippen LogP contribution in [0.5, 0.6) is 0 Å². The molecule has 3 N–H and O–H groups in total. The van der Waals surface area contributed by atoms with Gasteiger partial charge < -0.3 is 20.5 Å². The van der Waals surface area contributed by atoms with Crippen molar-refractivity contribution in [2.75, 3.05) is 18.0 Å². The minimum atomic E-state index is -0.686. The summed E-state index contributed by atoms with van der Waals surface area (Å²) in [4.78, 5) is 13.9. The van der Waals surface area contributed by atoms with E-state index < -0.39 is 17.5 Å². The molecule has 2 aromatic heterocycles. The normalized spacial score (nSPS) is 20.3. The fourth-order valence-corrected chi connectivity index (χ4v) is 5.07. The molecule has 32 heavy (non-hydrogen) atoms. The third-order valence-electron chi connectivity index (χ3n) is 6.68. The Morgan fingerprint density at radius 2 is 1.91 bits per heavy atom. The van der Waals surface area contributed by atoms with Gasteiger partial charge in [-0.1, -0.05) is 0 Å². The van der Waals surface area contributed by atoms with E-state index in [1.165, 1.54) is 12.1 Å². The lowest BCUT2D eigenvalue weighted by Crippen LogP contribution is -2.51. The second-order valence-corrected chi connectivity index (χ2v) is 8.67. The van der Waals surface area contributed by atoms with E-state index in [-0.39, 0.29) is 17.7 Å². The van der Waals surface area contributed by atoms with Gasteiger partial charge in [0, 0.05) is 49.4 Å². The molecule has 7 nitrogen and oxygen atoms in total. The maximum Gasteiger partial charge on any atom is 0.269 e. The molecule has 1 amide bonds. The lowest BCUT2D eigenvalue weighted by Gasteiger charge is -2.34. The van der Waals surface area contributed by atoms with Gasteiger partial charge in [0.05, 0.1) is 5.69 Å². The molecule has 0 saturated carbocycles. The summed E-state index contributed by atoms with van der Waals surface area (Å²) in [6.07, 6.45) is 4.52. The van der Waals surface area contributed by atoms with Crippen molar-refractivity contribution in [1.82, 2.24) is 20.1 Å². The third kappa shape index (κ3) is 3.60. The highest BCUT2D eigenvalue weighted by Gasteiger charge is 2.33. The van der Waals surface area contributed by atoms with Crippen LogP contribution in [-0.4, -0.2) is 45.8 Å². The molecule has 2 aliphatic heterocycles. The molecular weight excluding hydrogens is 414 g/mol. The van der Waals surface area contributed by atoms with Gasteiger partial charge in [0.15, 0.2) is 11.3 Å². The first-order valence-electron chi connectivity index (χ1n) is 11.1. The number of nitrogens with one attached hydrogen (secondary N) is 1. The number of amides is 1. The van der Waals surface area contributed by atoms with Gasteiger partial charge in [0.25, 0.3) is 5.91 Å². The van der Waals surface area contributed by atoms with Crippen LogP contribution < -0.4 is 16.0 Å². The van der Waals surface area contributed by atoms with Gasteiger partial charge in [0.2, 0.25) is 0 Å². The number of aromatic nitrogens is 3. The van der Waals surface area contributed by atoms with Gasteiger partial charge in [-0.25, -0.2) is 8.78 Å². The molecule has 2 saturated heterocycles. The Labute approximate surface area is 184 Å². The Morgan fingerprint density at radius 1 is 1.16 bits per heavy atom. The Morgan fingerprint density at radius 3 is 2.59 bits per heavy atom. The van der Waals surface area contributed by atoms with E-state index in [2.05, 4.69) is 15.5 Å². The molecule has 0 spiro atoms. The monoisotopic (exact) mass is 440 g/mol. The van der Waals surface area contributed by atoms with Crippen molar-refractivity contribution in [2.45, 2.75) is 51.2 Å². The number of carbonyl (C=O) groups excluding carboxylic acids is 1. The Hall–Kier alpha value is -3.07. The maximum absolute atomic E-state index is 15.0. The number of benzene rings is 1. The van der Waals surface area contributed by atoms with Gasteiger partial charge in [-0.05, 0) is 55.9 Å². The summed E-state index contributed by atoms with van der Waals surface area (Å²) in [6.45, 7) is 4.04. The number of piperazine rings is 1. The Kier molecular flexibility index (Phi) is 5.28. The molecule has 9 heteroatoms. The molecule has 0 radical (unpaired) electrons. The van der Waals surface area contributed by atoms with Crippen LogP contribution in [0.15, 0.2) is 24.4 Å². The lowest BCUT2D eigenvalue weighted by molar-refractivity contribution is 0.0994. The van der Waals surface area contributed by atoms with Crippen LogP contribution in [0.2, 0.25) is 0 Å². The van der Waals surface area contributed by atoms with Gasteiger partial charge in [-0.15, -0.1) is 10.2 Å². The van der Waals surface area contributed by atoms with Gasteiger partial charge in [-0.3, -0.25) is 4.79 Å². The van der Waals surface area contributed by atoms with Gasteiger partial charge >= 0.3 is 0 Å². The average Bonchev–Trinajstić information content (AvgIpc) is 3.35. The van der Waals surface area contributed by atoms with Crippen LogP contribution in [-0.2, 0) is 19.4 Å². The van der Waals surface area contributed by atoms with E-state index in [4.69, 9.17) is 5.73 Å². The van der Waals surface area contributed by atoms with Crippen LogP contribution in [0.3, 0.4) is 0 Å². The number of aryl methyl sites for hydroxylation is 3. The number of hydrogen-bond acceptors (Lipinski definition) is 5. The lowest BCUT2D eigenvalue weighted by atomic mass is 9.99. The second-order valence-electron chi connectivity index (χ2n) is 8.67. The van der Waals surface area contributed by atoms with Crippen LogP contribution in [0.1, 0.15) is 41.4 Å². The summed E-state index contributed by atoms with van der Waals surface area (Å²) in [5.41, 5.74) is 7.40. The van der Waals surface area contributed by atoms with Crippen molar-refractivity contribution in [3.63, 3.8) is 0 Å². The predicted octanol–water partition coefficient (Wildman–Crippen LogP) is 2.55. The first kappa shape index (κ1) is 20.8. The second kappa shape index (κ2) is 8.12. The maximum atomic E-state index is 15.0. The van der Waals surface area contributed by atoms with Crippen molar-refractivity contribution in [2.24, 2.45) is 5.73 Å². The largest absolute Gasteiger partial charge is 0.366 e. The summed E-state index contributed by atoms with van der Waals surface area (Å²) in [7, 11) is 0. The molecule has 2 aliphatic rings. The van der Waals surface area contributed by atoms with E-state index in [0.717, 1.165) is 18.2 Å². The number of nitrogens with zero attached hydrogens (tertiary/aromatic N) is 4. The zero-order chi connectivity index (χ0) is 22.4. The van der Waals surface area contributed by atoms with Crippen molar-refractivity contribution in [1.29, 1.82) is 0 Å². The molecule has 4 heterocycles. The van der Waals surface area contributed by atoms with Crippen molar-refractivity contribution < 1.29 is 13.6 Å². The number of hydrogen-bond donors (Lipinski definition) is 2. The summed E-state index contributed by atoms with van der Waals surface area (Å²) in [6, 6.07) is 5.11. The summed E-state index contributed by atoms with van der Waals surface area (Å²) >= 11 is 0.